The highest BCUT2D eigenvalue weighted by Gasteiger charge is 2.14. The van der Waals surface area contributed by atoms with E-state index in [4.69, 9.17) is 0 Å². The van der Waals surface area contributed by atoms with Gasteiger partial charge in [0.05, 0.1) is 6.10 Å². The van der Waals surface area contributed by atoms with E-state index in [1.165, 1.54) is 5.57 Å². The van der Waals surface area contributed by atoms with E-state index in [0.29, 0.717) is 0 Å². The van der Waals surface area contributed by atoms with E-state index in [1.54, 1.807) is 0 Å². The van der Waals surface area contributed by atoms with Crippen molar-refractivity contribution >= 4 is 0 Å². The zero-order valence-corrected chi connectivity index (χ0v) is 9.76. The summed E-state index contributed by atoms with van der Waals surface area (Å²) < 4.78 is 0. The summed E-state index contributed by atoms with van der Waals surface area (Å²) in [5.74, 6) is 0. The highest BCUT2D eigenvalue weighted by Crippen LogP contribution is 2.16. The molecule has 2 nitrogen and oxygen atoms in total. The van der Waals surface area contributed by atoms with Crippen molar-refractivity contribution in [3.8, 4) is 0 Å². The second kappa shape index (κ2) is 5.28. The van der Waals surface area contributed by atoms with Crippen molar-refractivity contribution in [3.05, 3.63) is 47.5 Å². The van der Waals surface area contributed by atoms with Gasteiger partial charge in [-0.2, -0.15) is 0 Å². The molecule has 0 bridgehead atoms. The lowest BCUT2D eigenvalue weighted by molar-refractivity contribution is 0.117. The van der Waals surface area contributed by atoms with Gasteiger partial charge in [-0.15, -0.1) is 0 Å². The average molecular weight is 217 g/mol. The van der Waals surface area contributed by atoms with Crippen molar-refractivity contribution in [3.63, 3.8) is 0 Å². The average Bonchev–Trinajstić information content (AvgIpc) is 2.33. The van der Waals surface area contributed by atoms with Gasteiger partial charge in [-0.05, 0) is 18.9 Å². The van der Waals surface area contributed by atoms with Crippen molar-refractivity contribution in [2.24, 2.45) is 0 Å². The zero-order chi connectivity index (χ0) is 11.4. The highest BCUT2D eigenvalue weighted by atomic mass is 16.3. The molecule has 2 heteroatoms. The third-order valence-corrected chi connectivity index (χ3v) is 3.14. The first-order valence-corrected chi connectivity index (χ1v) is 5.86. The molecule has 0 fully saturated rings. The number of hydrogen-bond donors (Lipinski definition) is 1. The van der Waals surface area contributed by atoms with Gasteiger partial charge in [0, 0.05) is 19.6 Å². The van der Waals surface area contributed by atoms with Crippen LogP contribution in [0.1, 0.15) is 25.0 Å². The summed E-state index contributed by atoms with van der Waals surface area (Å²) >= 11 is 0. The summed E-state index contributed by atoms with van der Waals surface area (Å²) in [6.07, 6.45) is 3.01. The van der Waals surface area contributed by atoms with Crippen LogP contribution in [0.2, 0.25) is 0 Å². The molecule has 0 radical (unpaired) electrons. The van der Waals surface area contributed by atoms with Crippen molar-refractivity contribution < 1.29 is 5.11 Å². The summed E-state index contributed by atoms with van der Waals surface area (Å²) in [4.78, 5) is 2.30. The molecule has 2 rings (SSSR count). The van der Waals surface area contributed by atoms with Crippen LogP contribution in [0.4, 0.5) is 0 Å². The first kappa shape index (κ1) is 11.4. The van der Waals surface area contributed by atoms with Crippen LogP contribution in [0.25, 0.3) is 0 Å². The van der Waals surface area contributed by atoms with E-state index in [1.807, 2.05) is 30.3 Å². The summed E-state index contributed by atoms with van der Waals surface area (Å²) in [5.41, 5.74) is 2.47. The molecule has 1 aromatic rings. The van der Waals surface area contributed by atoms with Gasteiger partial charge in [0.2, 0.25) is 0 Å². The lowest BCUT2D eigenvalue weighted by Gasteiger charge is -2.27. The Hall–Kier alpha value is -1.12. The normalized spacial score (nSPS) is 19.2. The fourth-order valence-electron chi connectivity index (χ4n) is 2.00. The molecule has 1 aromatic carbocycles. The molecule has 86 valence electrons. The molecule has 0 saturated carbocycles. The number of hydrogen-bond acceptors (Lipinski definition) is 2. The molecular formula is C14H19NO. The fraction of sp³-hybridized carbons (Fsp3) is 0.429. The largest absolute Gasteiger partial charge is 0.387 e. The van der Waals surface area contributed by atoms with Crippen LogP contribution in [0.5, 0.6) is 0 Å². The van der Waals surface area contributed by atoms with Gasteiger partial charge in [0.15, 0.2) is 0 Å². The smallest absolute Gasteiger partial charge is 0.0917 e. The predicted molar refractivity (Wildman–Crippen MR) is 66.2 cm³/mol. The van der Waals surface area contributed by atoms with Crippen LogP contribution in [0.15, 0.2) is 42.0 Å². The Morgan fingerprint density at radius 3 is 2.69 bits per heavy atom. The van der Waals surface area contributed by atoms with Crippen LogP contribution in [0.3, 0.4) is 0 Å². The molecule has 1 heterocycles. The van der Waals surface area contributed by atoms with E-state index >= 15 is 0 Å². The lowest BCUT2D eigenvalue weighted by atomic mass is 10.1. The Morgan fingerprint density at radius 2 is 2.06 bits per heavy atom. The molecule has 0 amide bonds. The number of aliphatic hydroxyl groups excluding tert-OH is 1. The van der Waals surface area contributed by atoms with E-state index in [9.17, 15) is 5.11 Å². The third kappa shape index (κ3) is 2.94. The van der Waals surface area contributed by atoms with Crippen LogP contribution < -0.4 is 0 Å². The molecule has 1 N–H and O–H groups in total. The number of nitrogens with zero attached hydrogens (tertiary/aromatic N) is 1. The summed E-state index contributed by atoms with van der Waals surface area (Å²) in [7, 11) is 0. The summed E-state index contributed by atoms with van der Waals surface area (Å²) in [6, 6.07) is 9.88. The first-order chi connectivity index (χ1) is 7.75. The predicted octanol–water partition coefficient (Wildman–Crippen LogP) is 2.37. The van der Waals surface area contributed by atoms with Gasteiger partial charge in [0.25, 0.3) is 0 Å². The Balaban J connectivity index is 1.91. The molecule has 0 saturated heterocycles. The van der Waals surface area contributed by atoms with E-state index < -0.39 is 0 Å². The van der Waals surface area contributed by atoms with Gasteiger partial charge >= 0.3 is 0 Å². The topological polar surface area (TPSA) is 23.5 Å². The summed E-state index contributed by atoms with van der Waals surface area (Å²) in [6.45, 7) is 4.93. The first-order valence-electron chi connectivity index (χ1n) is 5.86. The molecule has 1 aliphatic heterocycles. The minimum absolute atomic E-state index is 0.368. The molecule has 0 spiro atoms. The van der Waals surface area contributed by atoms with Crippen LogP contribution in [-0.4, -0.2) is 29.6 Å². The third-order valence-electron chi connectivity index (χ3n) is 3.14. The fourth-order valence-corrected chi connectivity index (χ4v) is 2.00. The Kier molecular flexibility index (Phi) is 3.75. The maximum absolute atomic E-state index is 10.1. The molecule has 1 atom stereocenters. The minimum Gasteiger partial charge on any atom is -0.387 e. The van der Waals surface area contributed by atoms with E-state index in [2.05, 4.69) is 17.9 Å². The molecular weight excluding hydrogens is 198 g/mol. The molecule has 0 aliphatic carbocycles. The Labute approximate surface area is 97.2 Å². The van der Waals surface area contributed by atoms with Gasteiger partial charge in [-0.25, -0.2) is 0 Å². The number of β-amino-alcohol motifs (C(OH)–C–C–N with tert-alkyl or cyclic N) is 1. The Morgan fingerprint density at radius 1 is 1.31 bits per heavy atom. The summed E-state index contributed by atoms with van der Waals surface area (Å²) in [5, 5.41) is 10.1. The maximum atomic E-state index is 10.1. The van der Waals surface area contributed by atoms with Crippen LogP contribution >= 0.6 is 0 Å². The van der Waals surface area contributed by atoms with Gasteiger partial charge in [-0.3, -0.25) is 4.90 Å². The van der Waals surface area contributed by atoms with E-state index in [-0.39, 0.29) is 6.10 Å². The lowest BCUT2D eigenvalue weighted by Crippen LogP contribution is -2.32. The second-order valence-electron chi connectivity index (χ2n) is 4.49. The molecule has 0 aromatic heterocycles. The maximum Gasteiger partial charge on any atom is 0.0917 e. The molecule has 1 aliphatic rings. The van der Waals surface area contributed by atoms with Crippen molar-refractivity contribution in [1.29, 1.82) is 0 Å². The standard InChI is InChI=1S/C14H19NO/c1-12-7-9-15(10-8-12)11-14(16)13-5-3-2-4-6-13/h2-7,14,16H,8-11H2,1H3. The Bertz CT molecular complexity index is 358. The van der Waals surface area contributed by atoms with Crippen LogP contribution in [0, 0.1) is 0 Å². The van der Waals surface area contributed by atoms with Gasteiger partial charge in [0.1, 0.15) is 0 Å². The molecule has 1 unspecified atom stereocenters. The zero-order valence-electron chi connectivity index (χ0n) is 9.76. The monoisotopic (exact) mass is 217 g/mol. The second-order valence-corrected chi connectivity index (χ2v) is 4.49. The number of rotatable bonds is 3. The van der Waals surface area contributed by atoms with Crippen molar-refractivity contribution in [1.82, 2.24) is 4.90 Å². The molecule has 16 heavy (non-hydrogen) atoms. The van der Waals surface area contributed by atoms with Gasteiger partial charge in [-0.1, -0.05) is 42.0 Å². The van der Waals surface area contributed by atoms with Crippen molar-refractivity contribution in [2.75, 3.05) is 19.6 Å². The number of benzene rings is 1. The highest BCUT2D eigenvalue weighted by molar-refractivity contribution is 5.17. The van der Waals surface area contributed by atoms with Crippen LogP contribution in [-0.2, 0) is 0 Å². The number of aliphatic hydroxyl groups is 1. The quantitative estimate of drug-likeness (QED) is 0.786. The van der Waals surface area contributed by atoms with Crippen molar-refractivity contribution in [2.45, 2.75) is 19.4 Å². The van der Waals surface area contributed by atoms with Gasteiger partial charge < -0.3 is 5.11 Å². The van der Waals surface area contributed by atoms with E-state index in [0.717, 1.165) is 31.6 Å². The SMILES string of the molecule is CC1=CCN(CC(O)c2ccccc2)CC1. The minimum atomic E-state index is -0.368.